The van der Waals surface area contributed by atoms with E-state index < -0.39 is 5.97 Å². The number of halogens is 2. The maximum atomic E-state index is 11.0. The van der Waals surface area contributed by atoms with Gasteiger partial charge in [0.25, 0.3) is 0 Å². The van der Waals surface area contributed by atoms with Crippen molar-refractivity contribution in [3.05, 3.63) is 50.3 Å². The van der Waals surface area contributed by atoms with Crippen molar-refractivity contribution >= 4 is 44.5 Å². The normalized spacial score (nSPS) is 10.1. The summed E-state index contributed by atoms with van der Waals surface area (Å²) in [6.07, 6.45) is 1.42. The van der Waals surface area contributed by atoms with Gasteiger partial charge in [-0.05, 0) is 68.9 Å². The first kappa shape index (κ1) is 13.3. The lowest BCUT2D eigenvalue weighted by Gasteiger charge is -2.08. The molecule has 0 bridgehead atoms. The van der Waals surface area contributed by atoms with Gasteiger partial charge in [-0.25, -0.2) is 9.78 Å². The van der Waals surface area contributed by atoms with E-state index >= 15 is 0 Å². The van der Waals surface area contributed by atoms with Crippen LogP contribution in [0.4, 0.5) is 0 Å². The van der Waals surface area contributed by atoms with Gasteiger partial charge in [-0.2, -0.15) is 0 Å². The molecule has 0 unspecified atom stereocenters. The molecule has 2 rings (SSSR count). The Kier molecular flexibility index (Phi) is 4.18. The van der Waals surface area contributed by atoms with E-state index in [-0.39, 0.29) is 11.4 Å². The highest BCUT2D eigenvalue weighted by Crippen LogP contribution is 2.27. The van der Waals surface area contributed by atoms with Crippen molar-refractivity contribution in [3.63, 3.8) is 0 Å². The minimum atomic E-state index is -1.12. The number of pyridine rings is 1. The standard InChI is InChI=1S/C12H7BrINO3/c13-7-5-10(11(12(16)17)15-6-7)18-9-3-1-8(14)2-4-9/h1-6H,(H,16,17). The van der Waals surface area contributed by atoms with Crippen molar-refractivity contribution in [2.24, 2.45) is 0 Å². The third-order valence-corrected chi connectivity index (χ3v) is 3.22. The average molecular weight is 420 g/mol. The molecule has 1 heterocycles. The van der Waals surface area contributed by atoms with E-state index in [2.05, 4.69) is 43.5 Å². The molecular formula is C12H7BrINO3. The number of aromatic nitrogens is 1. The van der Waals surface area contributed by atoms with Gasteiger partial charge in [-0.1, -0.05) is 0 Å². The van der Waals surface area contributed by atoms with Crippen molar-refractivity contribution < 1.29 is 14.6 Å². The molecular weight excluding hydrogens is 413 g/mol. The first-order valence-corrected chi connectivity index (χ1v) is 6.75. The third kappa shape index (κ3) is 3.20. The van der Waals surface area contributed by atoms with Crippen LogP contribution < -0.4 is 4.74 Å². The fourth-order valence-electron chi connectivity index (χ4n) is 1.29. The van der Waals surface area contributed by atoms with Gasteiger partial charge in [0.15, 0.2) is 11.4 Å². The lowest BCUT2D eigenvalue weighted by atomic mass is 10.3. The number of benzene rings is 1. The number of carboxylic acids is 1. The highest BCUT2D eigenvalue weighted by atomic mass is 127. The van der Waals surface area contributed by atoms with Crippen LogP contribution in [0.1, 0.15) is 10.5 Å². The summed E-state index contributed by atoms with van der Waals surface area (Å²) < 4.78 is 7.26. The van der Waals surface area contributed by atoms with Crippen LogP contribution in [0.25, 0.3) is 0 Å². The molecule has 0 radical (unpaired) electrons. The molecule has 0 atom stereocenters. The zero-order chi connectivity index (χ0) is 13.1. The molecule has 0 saturated heterocycles. The SMILES string of the molecule is O=C(O)c1ncc(Br)cc1Oc1ccc(I)cc1. The Bertz CT molecular complexity index is 586. The summed E-state index contributed by atoms with van der Waals surface area (Å²) >= 11 is 5.41. The second-order valence-electron chi connectivity index (χ2n) is 3.36. The Morgan fingerprint density at radius 2 is 2.00 bits per heavy atom. The number of rotatable bonds is 3. The number of hydrogen-bond donors (Lipinski definition) is 1. The second kappa shape index (κ2) is 5.66. The van der Waals surface area contributed by atoms with Crippen LogP contribution in [-0.4, -0.2) is 16.1 Å². The largest absolute Gasteiger partial charge is 0.476 e. The third-order valence-electron chi connectivity index (χ3n) is 2.06. The quantitative estimate of drug-likeness (QED) is 0.765. The lowest BCUT2D eigenvalue weighted by Crippen LogP contribution is -2.03. The van der Waals surface area contributed by atoms with Gasteiger partial charge in [0.05, 0.1) is 0 Å². The molecule has 4 nitrogen and oxygen atoms in total. The molecule has 1 N–H and O–H groups in total. The number of ether oxygens (including phenoxy) is 1. The van der Waals surface area contributed by atoms with Gasteiger partial charge in [-0.3, -0.25) is 0 Å². The van der Waals surface area contributed by atoms with Crippen molar-refractivity contribution in [1.82, 2.24) is 4.98 Å². The minimum absolute atomic E-state index is 0.114. The van der Waals surface area contributed by atoms with Gasteiger partial charge < -0.3 is 9.84 Å². The predicted octanol–water partition coefficient (Wildman–Crippen LogP) is 3.94. The van der Waals surface area contributed by atoms with Gasteiger partial charge >= 0.3 is 5.97 Å². The molecule has 1 aromatic carbocycles. The van der Waals surface area contributed by atoms with Crippen LogP contribution in [0.2, 0.25) is 0 Å². The highest BCUT2D eigenvalue weighted by molar-refractivity contribution is 14.1. The summed E-state index contributed by atoms with van der Waals surface area (Å²) in [5.41, 5.74) is -0.114. The van der Waals surface area contributed by atoms with Crippen LogP contribution in [0.3, 0.4) is 0 Å². The molecule has 0 fully saturated rings. The van der Waals surface area contributed by atoms with E-state index in [1.807, 2.05) is 12.1 Å². The molecule has 18 heavy (non-hydrogen) atoms. The van der Waals surface area contributed by atoms with Crippen LogP contribution >= 0.6 is 38.5 Å². The van der Waals surface area contributed by atoms with Crippen LogP contribution in [0.5, 0.6) is 11.5 Å². The molecule has 0 aliphatic carbocycles. The van der Waals surface area contributed by atoms with Crippen LogP contribution in [0, 0.1) is 3.57 Å². The Morgan fingerprint density at radius 3 is 2.61 bits per heavy atom. The summed E-state index contributed by atoms with van der Waals surface area (Å²) in [7, 11) is 0. The average Bonchev–Trinajstić information content (AvgIpc) is 2.32. The van der Waals surface area contributed by atoms with Gasteiger partial charge in [0, 0.05) is 14.2 Å². The fraction of sp³-hybridized carbons (Fsp3) is 0. The number of carboxylic acid groups (broad SMARTS) is 1. The van der Waals surface area contributed by atoms with Gasteiger partial charge in [0.1, 0.15) is 5.75 Å². The molecule has 0 aliphatic heterocycles. The Hall–Kier alpha value is -1.15. The summed E-state index contributed by atoms with van der Waals surface area (Å²) in [6.45, 7) is 0. The molecule has 0 spiro atoms. The Labute approximate surface area is 125 Å². The lowest BCUT2D eigenvalue weighted by molar-refractivity contribution is 0.0687. The second-order valence-corrected chi connectivity index (χ2v) is 5.52. The topological polar surface area (TPSA) is 59.4 Å². The van der Waals surface area contributed by atoms with E-state index in [0.717, 1.165) is 3.57 Å². The first-order valence-electron chi connectivity index (χ1n) is 4.88. The van der Waals surface area contributed by atoms with Crippen molar-refractivity contribution in [2.45, 2.75) is 0 Å². The van der Waals surface area contributed by atoms with Crippen LogP contribution in [-0.2, 0) is 0 Å². The fourth-order valence-corrected chi connectivity index (χ4v) is 1.96. The first-order chi connectivity index (χ1) is 8.56. The molecule has 0 aliphatic rings. The predicted molar refractivity (Wildman–Crippen MR) is 78.1 cm³/mol. The van der Waals surface area contributed by atoms with E-state index in [9.17, 15) is 4.79 Å². The zero-order valence-electron chi connectivity index (χ0n) is 8.93. The summed E-state index contributed by atoms with van der Waals surface area (Å²) in [5, 5.41) is 9.02. The smallest absolute Gasteiger partial charge is 0.358 e. The van der Waals surface area contributed by atoms with Gasteiger partial charge in [-0.15, -0.1) is 0 Å². The number of hydrogen-bond acceptors (Lipinski definition) is 3. The minimum Gasteiger partial charge on any atom is -0.476 e. The van der Waals surface area contributed by atoms with Crippen LogP contribution in [0.15, 0.2) is 41.0 Å². The van der Waals surface area contributed by atoms with Crippen molar-refractivity contribution in [1.29, 1.82) is 0 Å². The number of nitrogens with zero attached hydrogens (tertiary/aromatic N) is 1. The molecule has 92 valence electrons. The summed E-state index contributed by atoms with van der Waals surface area (Å²) in [4.78, 5) is 14.8. The molecule has 0 saturated carbocycles. The van der Waals surface area contributed by atoms with Gasteiger partial charge in [0.2, 0.25) is 0 Å². The summed E-state index contributed by atoms with van der Waals surface area (Å²) in [5.74, 6) is -0.348. The Balaban J connectivity index is 2.35. The van der Waals surface area contributed by atoms with E-state index in [4.69, 9.17) is 9.84 Å². The van der Waals surface area contributed by atoms with Crippen molar-refractivity contribution in [3.8, 4) is 11.5 Å². The Morgan fingerprint density at radius 1 is 1.33 bits per heavy atom. The monoisotopic (exact) mass is 419 g/mol. The maximum absolute atomic E-state index is 11.0. The van der Waals surface area contributed by atoms with E-state index in [0.29, 0.717) is 10.2 Å². The molecule has 2 aromatic rings. The number of carbonyl (C=O) groups is 1. The molecule has 1 aromatic heterocycles. The molecule has 6 heteroatoms. The van der Waals surface area contributed by atoms with E-state index in [1.54, 1.807) is 18.2 Å². The zero-order valence-corrected chi connectivity index (χ0v) is 12.7. The van der Waals surface area contributed by atoms with Crippen molar-refractivity contribution in [2.75, 3.05) is 0 Å². The molecule has 0 amide bonds. The summed E-state index contributed by atoms with van der Waals surface area (Å²) in [6, 6.07) is 8.88. The highest BCUT2D eigenvalue weighted by Gasteiger charge is 2.14. The van der Waals surface area contributed by atoms with E-state index in [1.165, 1.54) is 6.20 Å². The number of aromatic carboxylic acids is 1. The maximum Gasteiger partial charge on any atom is 0.358 e.